The van der Waals surface area contributed by atoms with Crippen molar-refractivity contribution in [3.8, 4) is 39.4 Å². The molecule has 286 valence electrons. The second-order valence-electron chi connectivity index (χ2n) is 14.6. The zero-order valence-corrected chi connectivity index (χ0v) is 31.8. The van der Waals surface area contributed by atoms with Crippen LogP contribution in [0.4, 0.5) is 14.5 Å². The summed E-state index contributed by atoms with van der Waals surface area (Å²) in [6.07, 6.45) is 4.47. The van der Waals surface area contributed by atoms with Gasteiger partial charge in [-0.3, -0.25) is 19.5 Å². The van der Waals surface area contributed by atoms with Gasteiger partial charge in [-0.15, -0.1) is 0 Å². The minimum atomic E-state index is -1.11. The van der Waals surface area contributed by atoms with E-state index in [4.69, 9.17) is 16.3 Å². The van der Waals surface area contributed by atoms with E-state index >= 15 is 8.78 Å². The molecule has 2 fully saturated rings. The molecule has 0 saturated carbocycles. The summed E-state index contributed by atoms with van der Waals surface area (Å²) in [6.45, 7) is 3.68. The highest BCUT2D eigenvalue weighted by Crippen LogP contribution is 2.37. The number of halogens is 3. The Morgan fingerprint density at radius 2 is 1.60 bits per heavy atom. The maximum Gasteiger partial charge on any atom is 0.291 e. The van der Waals surface area contributed by atoms with Crippen LogP contribution < -0.4 is 10.1 Å². The van der Waals surface area contributed by atoms with Crippen LogP contribution in [0.25, 0.3) is 33.6 Å². The number of H-pyrrole nitrogens is 1. The number of anilines is 1. The van der Waals surface area contributed by atoms with Crippen LogP contribution in [-0.2, 0) is 11.8 Å². The highest BCUT2D eigenvalue weighted by molar-refractivity contribution is 6.34. The molecular formula is C40H42ClF2N8O4+. The van der Waals surface area contributed by atoms with Crippen LogP contribution in [0, 0.1) is 17.6 Å². The third kappa shape index (κ3) is 7.56. The first-order valence-electron chi connectivity index (χ1n) is 18.0. The second-order valence-corrected chi connectivity index (χ2v) is 15.0. The number of nitrogens with zero attached hydrogens (tertiary/aromatic N) is 6. The Labute approximate surface area is 322 Å². The van der Waals surface area contributed by atoms with E-state index in [9.17, 15) is 14.4 Å². The average molecular weight is 772 g/mol. The minimum absolute atomic E-state index is 0.00234. The summed E-state index contributed by atoms with van der Waals surface area (Å²) in [7, 11) is 7.43. The summed E-state index contributed by atoms with van der Waals surface area (Å²) < 4.78 is 39.1. The molecule has 2 N–H and O–H groups in total. The number of ether oxygens (including phenoxy) is 1. The molecule has 2 saturated heterocycles. The lowest BCUT2D eigenvalue weighted by Crippen LogP contribution is -2.54. The number of piperidine rings is 1. The first kappa shape index (κ1) is 37.7. The fraction of sp³-hybridized carbons (Fsp3) is 0.325. The molecule has 4 heterocycles. The monoisotopic (exact) mass is 771 g/mol. The van der Waals surface area contributed by atoms with Crippen molar-refractivity contribution in [1.29, 1.82) is 0 Å². The third-order valence-electron chi connectivity index (χ3n) is 10.7. The van der Waals surface area contributed by atoms with E-state index in [1.165, 1.54) is 49.3 Å². The lowest BCUT2D eigenvalue weighted by Gasteiger charge is -2.40. The molecule has 7 rings (SSSR count). The number of carbonyl (C=O) groups excluding carboxylic acids is 3. The Balaban J connectivity index is 1.00. The zero-order valence-electron chi connectivity index (χ0n) is 31.0. The van der Waals surface area contributed by atoms with Crippen molar-refractivity contribution in [1.82, 2.24) is 29.5 Å². The van der Waals surface area contributed by atoms with Crippen molar-refractivity contribution in [3.05, 3.63) is 95.0 Å². The molecule has 3 aromatic carbocycles. The normalized spacial score (nSPS) is 15.9. The Morgan fingerprint density at radius 3 is 2.31 bits per heavy atom. The molecule has 0 bridgehead atoms. The lowest BCUT2D eigenvalue weighted by molar-refractivity contribution is -0.895. The topological polar surface area (TPSA) is 125 Å². The quantitative estimate of drug-likeness (QED) is 0.184. The molecular weight excluding hydrogens is 730 g/mol. The van der Waals surface area contributed by atoms with Gasteiger partial charge in [0.2, 0.25) is 5.91 Å². The van der Waals surface area contributed by atoms with Gasteiger partial charge in [-0.1, -0.05) is 29.8 Å². The molecule has 0 atom stereocenters. The Morgan fingerprint density at radius 1 is 0.909 bits per heavy atom. The summed E-state index contributed by atoms with van der Waals surface area (Å²) >= 11 is 6.56. The smallest absolute Gasteiger partial charge is 0.291 e. The number of hydrogen-bond donors (Lipinski definition) is 2. The number of carbonyl (C=O) groups is 3. The number of hydrogen-bond acceptors (Lipinski definition) is 6. The molecule has 0 radical (unpaired) electrons. The molecule has 0 aliphatic carbocycles. The molecule has 15 heteroatoms. The van der Waals surface area contributed by atoms with Gasteiger partial charge in [-0.2, -0.15) is 5.10 Å². The van der Waals surface area contributed by atoms with Crippen LogP contribution in [-0.4, -0.2) is 112 Å². The van der Waals surface area contributed by atoms with Gasteiger partial charge in [-0.25, -0.2) is 13.8 Å². The van der Waals surface area contributed by atoms with E-state index in [1.807, 2.05) is 4.90 Å². The maximum absolute atomic E-state index is 15.7. The van der Waals surface area contributed by atoms with Gasteiger partial charge in [-0.05, 0) is 36.4 Å². The minimum Gasteiger partial charge on any atom is -0.497 e. The van der Waals surface area contributed by atoms with E-state index in [2.05, 4.69) is 34.6 Å². The van der Waals surface area contributed by atoms with Crippen molar-refractivity contribution in [2.45, 2.75) is 12.8 Å². The molecule has 2 aliphatic rings. The van der Waals surface area contributed by atoms with Crippen LogP contribution in [0.1, 0.15) is 33.8 Å². The van der Waals surface area contributed by atoms with Gasteiger partial charge < -0.3 is 28.9 Å². The fourth-order valence-electron chi connectivity index (χ4n) is 7.34. The molecule has 3 amide bonds. The molecule has 0 unspecified atom stereocenters. The fourth-order valence-corrected chi connectivity index (χ4v) is 7.60. The van der Waals surface area contributed by atoms with Gasteiger partial charge >= 0.3 is 0 Å². The lowest BCUT2D eigenvalue weighted by atomic mass is 9.94. The summed E-state index contributed by atoms with van der Waals surface area (Å²) in [6, 6.07) is 14.6. The standard InChI is InChI=1S/C40H41ClF2N8O4/c1-48-33(30-11-10-28(34(42)35(30)43)31-22-45-47-36(31)25-6-5-7-27(20-25)55-4)23-44-37(48)38(52)46-26-8-9-29(32(41)21-26)40(54)50-16-14-49(15-17-50)39(53)24-12-18-51(2,3)19-13-24/h5-11,20-24H,12-19H2,1-4H3,(H-,45,46,47,52,54)/p+1. The van der Waals surface area contributed by atoms with Crippen LogP contribution in [0.15, 0.2) is 67.0 Å². The number of aromatic amines is 1. The van der Waals surface area contributed by atoms with Crippen LogP contribution in [0.5, 0.6) is 5.75 Å². The maximum atomic E-state index is 15.7. The van der Waals surface area contributed by atoms with Gasteiger partial charge in [0.25, 0.3) is 11.8 Å². The molecule has 5 aromatic rings. The van der Waals surface area contributed by atoms with E-state index in [0.717, 1.165) is 30.4 Å². The van der Waals surface area contributed by atoms with Crippen molar-refractivity contribution < 1.29 is 32.4 Å². The molecule has 2 aromatic heterocycles. The van der Waals surface area contributed by atoms with Gasteiger partial charge in [0.15, 0.2) is 17.5 Å². The number of nitrogens with one attached hydrogen (secondary N) is 2. The first-order chi connectivity index (χ1) is 26.3. The average Bonchev–Trinajstić information content (AvgIpc) is 3.82. The number of amides is 3. The third-order valence-corrected chi connectivity index (χ3v) is 11.0. The van der Waals surface area contributed by atoms with Crippen molar-refractivity contribution in [2.24, 2.45) is 13.0 Å². The zero-order chi connectivity index (χ0) is 39.0. The van der Waals surface area contributed by atoms with Gasteiger partial charge in [0, 0.05) is 79.9 Å². The number of imidazole rings is 1. The molecule has 2 aliphatic heterocycles. The molecule has 12 nitrogen and oxygen atoms in total. The molecule has 0 spiro atoms. The summed E-state index contributed by atoms with van der Waals surface area (Å²) in [5, 5.41) is 9.80. The second kappa shape index (κ2) is 15.3. The number of rotatable bonds is 8. The summed E-state index contributed by atoms with van der Waals surface area (Å²) in [4.78, 5) is 47.7. The Hall–Kier alpha value is -5.60. The van der Waals surface area contributed by atoms with E-state index in [-0.39, 0.29) is 51.0 Å². The first-order valence-corrected chi connectivity index (χ1v) is 18.4. The predicted octanol–water partition coefficient (Wildman–Crippen LogP) is 6.11. The Kier molecular flexibility index (Phi) is 10.5. The number of piperazine rings is 1. The number of quaternary nitrogens is 1. The molecule has 55 heavy (non-hydrogen) atoms. The largest absolute Gasteiger partial charge is 0.497 e. The SMILES string of the molecule is COc1cccc(-c2[nH]ncc2-c2ccc(-c3cnc(C(=O)Nc4ccc(C(=O)N5CCN(C(=O)C6CC[N+](C)(C)CC6)CC5)c(Cl)c4)n3C)c(F)c2F)c1. The van der Waals surface area contributed by atoms with Crippen LogP contribution in [0.3, 0.4) is 0 Å². The van der Waals surface area contributed by atoms with E-state index in [0.29, 0.717) is 54.4 Å². The van der Waals surface area contributed by atoms with Crippen LogP contribution >= 0.6 is 11.6 Å². The van der Waals surface area contributed by atoms with Gasteiger partial charge in [0.1, 0.15) is 5.75 Å². The van der Waals surface area contributed by atoms with Gasteiger partial charge in [0.05, 0.1) is 68.7 Å². The van der Waals surface area contributed by atoms with E-state index < -0.39 is 17.5 Å². The van der Waals surface area contributed by atoms with Crippen molar-refractivity contribution >= 4 is 35.0 Å². The van der Waals surface area contributed by atoms with Crippen molar-refractivity contribution in [2.75, 3.05) is 65.8 Å². The highest BCUT2D eigenvalue weighted by Gasteiger charge is 2.35. The number of methoxy groups -OCH3 is 1. The Bertz CT molecular complexity index is 2270. The summed E-state index contributed by atoms with van der Waals surface area (Å²) in [5.41, 5.74) is 2.22. The number of likely N-dealkylation sites (tertiary alicyclic amines) is 1. The van der Waals surface area contributed by atoms with Crippen LogP contribution in [0.2, 0.25) is 5.02 Å². The number of aromatic nitrogens is 4. The highest BCUT2D eigenvalue weighted by atomic mass is 35.5. The van der Waals surface area contributed by atoms with Crippen molar-refractivity contribution in [3.63, 3.8) is 0 Å². The summed E-state index contributed by atoms with van der Waals surface area (Å²) in [5.74, 6) is -2.34. The van der Waals surface area contributed by atoms with E-state index in [1.54, 1.807) is 41.3 Å². The predicted molar refractivity (Wildman–Crippen MR) is 205 cm³/mol. The number of benzene rings is 3.